The Morgan fingerprint density at radius 2 is 1.69 bits per heavy atom. The lowest BCUT2D eigenvalue weighted by Crippen LogP contribution is -2.72. The van der Waals surface area contributed by atoms with E-state index in [0.29, 0.717) is 37.1 Å². The summed E-state index contributed by atoms with van der Waals surface area (Å²) in [7, 11) is -2.86. The highest BCUT2D eigenvalue weighted by molar-refractivity contribution is 7.91. The molecule has 4 aliphatic rings. The lowest BCUT2D eigenvalue weighted by molar-refractivity contribution is -0.153. The van der Waals surface area contributed by atoms with Gasteiger partial charge in [0.2, 0.25) is 5.91 Å². The molecule has 0 bridgehead atoms. The van der Waals surface area contributed by atoms with Crippen LogP contribution >= 0.6 is 0 Å². The number of aryl methyl sites for hydroxylation is 2. The number of carbonyl (C=O) groups excluding carboxylic acids is 1. The monoisotopic (exact) mass is 503 g/mol. The zero-order valence-electron chi connectivity index (χ0n) is 21.3. The molecule has 4 saturated heterocycles. The SMILES string of the molecule is Cc1ccc(CC(=O)N2CCN(CC3CCS(=O)(=O)CC3)C3COCC(N4CCCC4)[C@H]32)cc1C. The molecule has 2 unspecified atom stereocenters. The molecular weight excluding hydrogens is 462 g/mol. The standard InChI is InChI=1S/C27H41N3O4S/c1-20-5-6-23(15-21(20)2)16-26(31)30-12-11-29(17-22-7-13-35(32,33)14-8-22)25-19-34-18-24(27(25)30)28-9-3-4-10-28/h5-6,15,22,24-25,27H,3-4,7-14,16-19H2,1-2H3/t24?,25?,27-/m1/s1. The van der Waals surface area contributed by atoms with Crippen LogP contribution in [0.3, 0.4) is 0 Å². The molecule has 0 aliphatic carbocycles. The number of rotatable bonds is 5. The third-order valence-corrected chi connectivity index (χ3v) is 10.6. The van der Waals surface area contributed by atoms with Crippen LogP contribution in [0, 0.1) is 19.8 Å². The normalized spacial score (nSPS) is 30.3. The molecule has 35 heavy (non-hydrogen) atoms. The zero-order valence-corrected chi connectivity index (χ0v) is 22.1. The number of benzene rings is 1. The first-order valence-electron chi connectivity index (χ1n) is 13.4. The summed E-state index contributed by atoms with van der Waals surface area (Å²) in [5.74, 6) is 1.25. The molecule has 4 aliphatic heterocycles. The van der Waals surface area contributed by atoms with E-state index in [1.807, 2.05) is 0 Å². The van der Waals surface area contributed by atoms with Crippen molar-refractivity contribution in [3.8, 4) is 0 Å². The van der Waals surface area contributed by atoms with Gasteiger partial charge in [-0.1, -0.05) is 18.2 Å². The molecule has 0 radical (unpaired) electrons. The summed E-state index contributed by atoms with van der Waals surface area (Å²) in [4.78, 5) is 21.0. The third-order valence-electron chi connectivity index (χ3n) is 8.85. The van der Waals surface area contributed by atoms with Gasteiger partial charge in [0.25, 0.3) is 0 Å². The Labute approximate surface area is 210 Å². The third kappa shape index (κ3) is 5.60. The predicted octanol–water partition coefficient (Wildman–Crippen LogP) is 2.05. The van der Waals surface area contributed by atoms with Gasteiger partial charge in [0.05, 0.1) is 49.3 Å². The van der Waals surface area contributed by atoms with Gasteiger partial charge in [0.1, 0.15) is 9.84 Å². The van der Waals surface area contributed by atoms with E-state index < -0.39 is 9.84 Å². The largest absolute Gasteiger partial charge is 0.378 e. The van der Waals surface area contributed by atoms with E-state index in [0.717, 1.165) is 51.1 Å². The van der Waals surface area contributed by atoms with Crippen molar-refractivity contribution < 1.29 is 17.9 Å². The number of nitrogens with zero attached hydrogens (tertiary/aromatic N) is 3. The van der Waals surface area contributed by atoms with Crippen molar-refractivity contribution in [2.75, 3.05) is 57.4 Å². The number of hydrogen-bond acceptors (Lipinski definition) is 6. The molecule has 4 heterocycles. The second kappa shape index (κ2) is 10.5. The second-order valence-corrected chi connectivity index (χ2v) is 13.5. The highest BCUT2D eigenvalue weighted by Crippen LogP contribution is 2.32. The highest BCUT2D eigenvalue weighted by Gasteiger charge is 2.48. The predicted molar refractivity (Wildman–Crippen MR) is 137 cm³/mol. The Kier molecular flexibility index (Phi) is 7.54. The number of piperazine rings is 1. The number of fused-ring (bicyclic) bond motifs is 1. The minimum Gasteiger partial charge on any atom is -0.378 e. The van der Waals surface area contributed by atoms with Crippen LogP contribution < -0.4 is 0 Å². The number of likely N-dealkylation sites (tertiary alicyclic amines) is 1. The lowest BCUT2D eigenvalue weighted by atomic mass is 9.89. The second-order valence-electron chi connectivity index (χ2n) is 11.2. The fraction of sp³-hybridized carbons (Fsp3) is 0.741. The summed E-state index contributed by atoms with van der Waals surface area (Å²) in [5.41, 5.74) is 3.57. The fourth-order valence-electron chi connectivity index (χ4n) is 6.61. The molecule has 1 amide bonds. The first kappa shape index (κ1) is 25.2. The van der Waals surface area contributed by atoms with Crippen LogP contribution in [0.15, 0.2) is 18.2 Å². The first-order chi connectivity index (χ1) is 16.8. The Morgan fingerprint density at radius 3 is 2.40 bits per heavy atom. The van der Waals surface area contributed by atoms with Gasteiger partial charge < -0.3 is 9.64 Å². The molecule has 0 spiro atoms. The fourth-order valence-corrected chi connectivity index (χ4v) is 8.20. The summed E-state index contributed by atoms with van der Waals surface area (Å²) in [5, 5.41) is 0. The molecule has 1 aromatic carbocycles. The van der Waals surface area contributed by atoms with Gasteiger partial charge in [0.15, 0.2) is 0 Å². The summed E-state index contributed by atoms with van der Waals surface area (Å²) in [6.45, 7) is 10.2. The average molecular weight is 504 g/mol. The van der Waals surface area contributed by atoms with Crippen molar-refractivity contribution in [1.29, 1.82) is 0 Å². The summed E-state index contributed by atoms with van der Waals surface area (Å²) in [6.07, 6.45) is 4.37. The molecule has 4 fully saturated rings. The molecule has 8 heteroatoms. The van der Waals surface area contributed by atoms with Gasteiger partial charge in [-0.2, -0.15) is 0 Å². The molecule has 0 saturated carbocycles. The van der Waals surface area contributed by atoms with Crippen molar-refractivity contribution in [3.63, 3.8) is 0 Å². The maximum Gasteiger partial charge on any atom is 0.227 e. The maximum absolute atomic E-state index is 13.7. The van der Waals surface area contributed by atoms with Gasteiger partial charge in [0, 0.05) is 19.6 Å². The molecule has 0 N–H and O–H groups in total. The molecule has 5 rings (SSSR count). The molecule has 0 aromatic heterocycles. The summed E-state index contributed by atoms with van der Waals surface area (Å²) < 4.78 is 30.0. The molecule has 3 atom stereocenters. The van der Waals surface area contributed by atoms with E-state index in [9.17, 15) is 13.2 Å². The van der Waals surface area contributed by atoms with Gasteiger partial charge >= 0.3 is 0 Å². The van der Waals surface area contributed by atoms with E-state index in [-0.39, 0.29) is 24.0 Å². The van der Waals surface area contributed by atoms with Crippen LogP contribution in [0.1, 0.15) is 42.4 Å². The van der Waals surface area contributed by atoms with Crippen molar-refractivity contribution in [3.05, 3.63) is 34.9 Å². The Bertz CT molecular complexity index is 1010. The van der Waals surface area contributed by atoms with E-state index in [2.05, 4.69) is 46.7 Å². The number of sulfone groups is 1. The first-order valence-corrected chi connectivity index (χ1v) is 15.2. The quantitative estimate of drug-likeness (QED) is 0.613. The topological polar surface area (TPSA) is 70.2 Å². The summed E-state index contributed by atoms with van der Waals surface area (Å²) in [6, 6.07) is 6.89. The number of carbonyl (C=O) groups is 1. The Morgan fingerprint density at radius 1 is 0.971 bits per heavy atom. The van der Waals surface area contributed by atoms with Crippen molar-refractivity contribution in [2.24, 2.45) is 5.92 Å². The van der Waals surface area contributed by atoms with Crippen LogP contribution in [-0.4, -0.2) is 105 Å². The zero-order chi connectivity index (χ0) is 24.6. The Hall–Kier alpha value is -1.48. The molecule has 1 aromatic rings. The van der Waals surface area contributed by atoms with Gasteiger partial charge in [-0.3, -0.25) is 14.6 Å². The molecular formula is C27H41N3O4S. The number of hydrogen-bond donors (Lipinski definition) is 0. The molecule has 194 valence electrons. The van der Waals surface area contributed by atoms with Crippen LogP contribution in [0.4, 0.5) is 0 Å². The van der Waals surface area contributed by atoms with Gasteiger partial charge in [-0.05, 0) is 75.2 Å². The van der Waals surface area contributed by atoms with Gasteiger partial charge in [-0.25, -0.2) is 8.42 Å². The number of amides is 1. The van der Waals surface area contributed by atoms with E-state index in [4.69, 9.17) is 4.74 Å². The highest BCUT2D eigenvalue weighted by atomic mass is 32.2. The van der Waals surface area contributed by atoms with E-state index in [1.54, 1.807) is 0 Å². The Balaban J connectivity index is 1.35. The maximum atomic E-state index is 13.7. The van der Waals surface area contributed by atoms with Crippen molar-refractivity contribution in [2.45, 2.75) is 64.1 Å². The van der Waals surface area contributed by atoms with Crippen LogP contribution in [0.25, 0.3) is 0 Å². The summed E-state index contributed by atoms with van der Waals surface area (Å²) >= 11 is 0. The lowest BCUT2D eigenvalue weighted by Gasteiger charge is -2.55. The minimum atomic E-state index is -2.86. The van der Waals surface area contributed by atoms with Gasteiger partial charge in [-0.15, -0.1) is 0 Å². The van der Waals surface area contributed by atoms with E-state index in [1.165, 1.54) is 24.0 Å². The van der Waals surface area contributed by atoms with Crippen LogP contribution in [0.5, 0.6) is 0 Å². The smallest absolute Gasteiger partial charge is 0.227 e. The average Bonchev–Trinajstić information content (AvgIpc) is 3.37. The van der Waals surface area contributed by atoms with E-state index >= 15 is 0 Å². The number of ether oxygens (including phenoxy) is 1. The minimum absolute atomic E-state index is 0.127. The van der Waals surface area contributed by atoms with Crippen molar-refractivity contribution >= 4 is 15.7 Å². The van der Waals surface area contributed by atoms with Crippen LogP contribution in [-0.2, 0) is 25.8 Å². The van der Waals surface area contributed by atoms with Crippen LogP contribution in [0.2, 0.25) is 0 Å². The molecule has 7 nitrogen and oxygen atoms in total. The van der Waals surface area contributed by atoms with Crippen molar-refractivity contribution in [1.82, 2.24) is 14.7 Å².